The van der Waals surface area contributed by atoms with E-state index in [0.717, 1.165) is 31.6 Å². The Bertz CT molecular complexity index is 899. The lowest BCUT2D eigenvalue weighted by atomic mass is 9.92. The van der Waals surface area contributed by atoms with Crippen molar-refractivity contribution >= 4 is 5.97 Å². The van der Waals surface area contributed by atoms with Crippen molar-refractivity contribution in [3.8, 4) is 11.5 Å². The summed E-state index contributed by atoms with van der Waals surface area (Å²) in [5.74, 6) is 1.21. The van der Waals surface area contributed by atoms with Crippen molar-refractivity contribution in [3.63, 3.8) is 0 Å². The molecular formula is C20H25N5O5. The molecule has 0 spiro atoms. The first-order chi connectivity index (χ1) is 14.7. The number of carbonyl (C=O) groups is 1. The van der Waals surface area contributed by atoms with Gasteiger partial charge >= 0.3 is 5.97 Å². The summed E-state index contributed by atoms with van der Waals surface area (Å²) in [5, 5.41) is 18.5. The Kier molecular flexibility index (Phi) is 6.33. The number of rotatable bonds is 11. The standard InChI is InChI=1S/C20H25N5O5/c26-20(27)11-15(14-4-5-16-17(9-14)29-13-28-16)10-19-23-18(24-30-19)3-1-2-6-22-25-8-7-21-12-25/h4-5,7-9,15,21-22H,1-3,6,10-13H2,(H,26,27). The minimum atomic E-state index is -0.882. The number of fused-ring (bicyclic) bond motifs is 1. The van der Waals surface area contributed by atoms with Crippen LogP contribution in [0.15, 0.2) is 35.1 Å². The molecule has 0 radical (unpaired) electrons. The third kappa shape index (κ3) is 5.20. The summed E-state index contributed by atoms with van der Waals surface area (Å²) in [6, 6.07) is 5.48. The molecular weight excluding hydrogens is 390 g/mol. The van der Waals surface area contributed by atoms with E-state index < -0.39 is 5.97 Å². The number of hydrogen-bond donors (Lipinski definition) is 3. The van der Waals surface area contributed by atoms with Crippen LogP contribution in [0.4, 0.5) is 0 Å². The molecule has 3 heterocycles. The number of benzene rings is 1. The van der Waals surface area contributed by atoms with Gasteiger partial charge in [-0.2, -0.15) is 4.98 Å². The highest BCUT2D eigenvalue weighted by molar-refractivity contribution is 5.68. The molecule has 1 aromatic heterocycles. The molecule has 160 valence electrons. The first-order valence-electron chi connectivity index (χ1n) is 10.0. The van der Waals surface area contributed by atoms with Gasteiger partial charge in [-0.15, -0.1) is 0 Å². The van der Waals surface area contributed by atoms with Crippen molar-refractivity contribution in [2.75, 3.05) is 20.0 Å². The minimum absolute atomic E-state index is 0.0389. The molecule has 10 heteroatoms. The summed E-state index contributed by atoms with van der Waals surface area (Å²) in [6.07, 6.45) is 6.80. The lowest BCUT2D eigenvalue weighted by molar-refractivity contribution is -0.137. The summed E-state index contributed by atoms with van der Waals surface area (Å²) >= 11 is 0. The molecule has 0 fully saturated rings. The monoisotopic (exact) mass is 415 g/mol. The molecule has 1 aromatic carbocycles. The molecule has 1 unspecified atom stereocenters. The van der Waals surface area contributed by atoms with Crippen molar-refractivity contribution in [1.82, 2.24) is 25.9 Å². The minimum Gasteiger partial charge on any atom is -0.481 e. The maximum absolute atomic E-state index is 11.4. The lowest BCUT2D eigenvalue weighted by Crippen LogP contribution is -2.35. The molecule has 2 aromatic rings. The molecule has 3 N–H and O–H groups in total. The van der Waals surface area contributed by atoms with E-state index in [1.165, 1.54) is 0 Å². The summed E-state index contributed by atoms with van der Waals surface area (Å²) in [6.45, 7) is 1.81. The van der Waals surface area contributed by atoms with Crippen LogP contribution in [0.1, 0.15) is 42.5 Å². The lowest BCUT2D eigenvalue weighted by Gasteiger charge is -2.15. The van der Waals surface area contributed by atoms with Gasteiger partial charge in [-0.3, -0.25) is 9.80 Å². The van der Waals surface area contributed by atoms with E-state index in [9.17, 15) is 9.90 Å². The van der Waals surface area contributed by atoms with Crippen LogP contribution in [-0.4, -0.2) is 46.2 Å². The van der Waals surface area contributed by atoms with Crippen LogP contribution in [0.5, 0.6) is 11.5 Å². The van der Waals surface area contributed by atoms with Crippen LogP contribution in [0.25, 0.3) is 0 Å². The van der Waals surface area contributed by atoms with Gasteiger partial charge in [0.05, 0.1) is 6.42 Å². The second-order valence-electron chi connectivity index (χ2n) is 7.23. The number of aliphatic carboxylic acids is 1. The highest BCUT2D eigenvalue weighted by atomic mass is 16.7. The number of carboxylic acids is 1. The third-order valence-corrected chi connectivity index (χ3v) is 5.00. The average Bonchev–Trinajstić information content (AvgIpc) is 3.48. The first-order valence-corrected chi connectivity index (χ1v) is 10.0. The Hall–Kier alpha value is -3.27. The van der Waals surface area contributed by atoms with E-state index in [1.54, 1.807) is 6.07 Å². The second kappa shape index (κ2) is 9.49. The second-order valence-corrected chi connectivity index (χ2v) is 7.23. The van der Waals surface area contributed by atoms with E-state index in [4.69, 9.17) is 14.0 Å². The Balaban J connectivity index is 1.29. The molecule has 0 aliphatic carbocycles. The summed E-state index contributed by atoms with van der Waals surface area (Å²) in [5.41, 5.74) is 4.14. The van der Waals surface area contributed by atoms with Gasteiger partial charge in [0.15, 0.2) is 17.3 Å². The molecule has 4 rings (SSSR count). The van der Waals surface area contributed by atoms with Crippen molar-refractivity contribution in [2.45, 2.75) is 38.0 Å². The highest BCUT2D eigenvalue weighted by Crippen LogP contribution is 2.36. The zero-order valence-electron chi connectivity index (χ0n) is 16.5. The predicted octanol–water partition coefficient (Wildman–Crippen LogP) is 1.76. The fourth-order valence-corrected chi connectivity index (χ4v) is 3.46. The van der Waals surface area contributed by atoms with E-state index in [2.05, 4.69) is 20.9 Å². The molecule has 0 saturated carbocycles. The van der Waals surface area contributed by atoms with Crippen molar-refractivity contribution < 1.29 is 23.9 Å². The third-order valence-electron chi connectivity index (χ3n) is 5.00. The molecule has 0 bridgehead atoms. The molecule has 0 saturated heterocycles. The van der Waals surface area contributed by atoms with Crippen LogP contribution in [0.2, 0.25) is 0 Å². The van der Waals surface area contributed by atoms with E-state index >= 15 is 0 Å². The van der Waals surface area contributed by atoms with Gasteiger partial charge in [-0.25, -0.2) is 5.43 Å². The maximum Gasteiger partial charge on any atom is 0.303 e. The summed E-state index contributed by atoms with van der Waals surface area (Å²) in [7, 11) is 0. The number of aromatic nitrogens is 2. The van der Waals surface area contributed by atoms with Gasteiger partial charge in [-0.05, 0) is 30.5 Å². The van der Waals surface area contributed by atoms with Gasteiger partial charge in [0.2, 0.25) is 12.7 Å². The summed E-state index contributed by atoms with van der Waals surface area (Å²) in [4.78, 5) is 15.8. The van der Waals surface area contributed by atoms with Gasteiger partial charge in [0, 0.05) is 37.7 Å². The Morgan fingerprint density at radius 1 is 1.30 bits per heavy atom. The van der Waals surface area contributed by atoms with Crippen molar-refractivity contribution in [1.29, 1.82) is 0 Å². The normalized spacial score (nSPS) is 15.4. The molecule has 2 aliphatic rings. The topological polar surface area (TPSA) is 122 Å². The highest BCUT2D eigenvalue weighted by Gasteiger charge is 2.23. The number of hydrazine groups is 1. The first kappa shape index (κ1) is 20.0. The Morgan fingerprint density at radius 2 is 2.20 bits per heavy atom. The van der Waals surface area contributed by atoms with E-state index in [1.807, 2.05) is 29.5 Å². The maximum atomic E-state index is 11.4. The number of nitrogens with one attached hydrogen (secondary N) is 2. The van der Waals surface area contributed by atoms with Crippen molar-refractivity contribution in [2.24, 2.45) is 0 Å². The smallest absolute Gasteiger partial charge is 0.303 e. The number of carboxylic acid groups (broad SMARTS) is 1. The number of aryl methyl sites for hydroxylation is 1. The molecule has 2 aliphatic heterocycles. The van der Waals surface area contributed by atoms with E-state index in [0.29, 0.717) is 36.1 Å². The largest absolute Gasteiger partial charge is 0.481 e. The average molecular weight is 415 g/mol. The molecule has 0 amide bonds. The van der Waals surface area contributed by atoms with Gasteiger partial charge < -0.3 is 24.4 Å². The fraction of sp³-hybridized carbons (Fsp3) is 0.450. The van der Waals surface area contributed by atoms with Crippen LogP contribution in [-0.2, 0) is 17.6 Å². The quantitative estimate of drug-likeness (QED) is 0.468. The fourth-order valence-electron chi connectivity index (χ4n) is 3.46. The molecule has 30 heavy (non-hydrogen) atoms. The molecule has 1 atom stereocenters. The van der Waals surface area contributed by atoms with Crippen molar-refractivity contribution in [3.05, 3.63) is 47.9 Å². The summed E-state index contributed by atoms with van der Waals surface area (Å²) < 4.78 is 16.1. The van der Waals surface area contributed by atoms with E-state index in [-0.39, 0.29) is 19.1 Å². The number of hydrogen-bond acceptors (Lipinski definition) is 9. The van der Waals surface area contributed by atoms with Crippen LogP contribution in [0.3, 0.4) is 0 Å². The van der Waals surface area contributed by atoms with Gasteiger partial charge in [0.25, 0.3) is 0 Å². The Morgan fingerprint density at radius 3 is 3.03 bits per heavy atom. The predicted molar refractivity (Wildman–Crippen MR) is 105 cm³/mol. The van der Waals surface area contributed by atoms with Crippen LogP contribution in [0, 0.1) is 0 Å². The Labute approximate surface area is 173 Å². The number of unbranched alkanes of at least 4 members (excludes halogenated alkanes) is 1. The number of nitrogens with zero attached hydrogens (tertiary/aromatic N) is 3. The zero-order chi connectivity index (χ0) is 20.8. The number of ether oxygens (including phenoxy) is 2. The van der Waals surface area contributed by atoms with Crippen LogP contribution >= 0.6 is 0 Å². The molecule has 10 nitrogen and oxygen atoms in total. The van der Waals surface area contributed by atoms with Gasteiger partial charge in [0.1, 0.15) is 6.67 Å². The van der Waals surface area contributed by atoms with Gasteiger partial charge in [-0.1, -0.05) is 11.2 Å². The van der Waals surface area contributed by atoms with Crippen LogP contribution < -0.4 is 20.2 Å². The zero-order valence-corrected chi connectivity index (χ0v) is 16.5. The SMILES string of the molecule is O=C(O)CC(Cc1nc(CCCCNN2C=CNC2)no1)c1ccc2c(c1)OCO2.